The second-order valence-electron chi connectivity index (χ2n) is 5.04. The molecule has 0 bridgehead atoms. The summed E-state index contributed by atoms with van der Waals surface area (Å²) < 4.78 is 6.82. The summed E-state index contributed by atoms with van der Waals surface area (Å²) in [5, 5.41) is 1.10. The highest BCUT2D eigenvalue weighted by Gasteiger charge is 2.13. The number of rotatable bonds is 5. The van der Waals surface area contributed by atoms with E-state index in [0.29, 0.717) is 28.4 Å². The first-order valence-corrected chi connectivity index (χ1v) is 8.55. The van der Waals surface area contributed by atoms with Crippen LogP contribution in [0.2, 0.25) is 0 Å². The first-order chi connectivity index (χ1) is 11.7. The largest absolute Gasteiger partial charge is 0.426 e. The Hall–Kier alpha value is -2.60. The third kappa shape index (κ3) is 3.49. The van der Waals surface area contributed by atoms with Gasteiger partial charge >= 0.3 is 5.97 Å². The highest BCUT2D eigenvalue weighted by Crippen LogP contribution is 2.18. The highest BCUT2D eigenvalue weighted by molar-refractivity contribution is 7.99. The SMILES string of the molecule is CCn1c(SCC(=O)Oc2ccccc2)nc2ccccc2c1=O. The molecule has 0 aliphatic rings. The van der Waals surface area contributed by atoms with Gasteiger partial charge in [0.25, 0.3) is 5.56 Å². The highest BCUT2D eigenvalue weighted by atomic mass is 32.2. The van der Waals surface area contributed by atoms with Crippen molar-refractivity contribution in [2.45, 2.75) is 18.6 Å². The monoisotopic (exact) mass is 340 g/mol. The Bertz CT molecular complexity index is 922. The summed E-state index contributed by atoms with van der Waals surface area (Å²) in [5.74, 6) is 0.207. The molecule has 3 aromatic rings. The molecule has 5 nitrogen and oxygen atoms in total. The van der Waals surface area contributed by atoms with E-state index >= 15 is 0 Å². The fourth-order valence-corrected chi connectivity index (χ4v) is 3.15. The van der Waals surface area contributed by atoms with E-state index in [1.807, 2.05) is 25.1 Å². The van der Waals surface area contributed by atoms with Gasteiger partial charge in [-0.3, -0.25) is 14.2 Å². The maximum Gasteiger partial charge on any atom is 0.321 e. The van der Waals surface area contributed by atoms with E-state index in [2.05, 4.69) is 4.98 Å². The van der Waals surface area contributed by atoms with Crippen molar-refractivity contribution in [1.29, 1.82) is 0 Å². The summed E-state index contributed by atoms with van der Waals surface area (Å²) in [7, 11) is 0. The van der Waals surface area contributed by atoms with Crippen LogP contribution in [0.5, 0.6) is 5.75 Å². The van der Waals surface area contributed by atoms with Crippen LogP contribution >= 0.6 is 11.8 Å². The van der Waals surface area contributed by atoms with Crippen molar-refractivity contribution < 1.29 is 9.53 Å². The fraction of sp³-hybridized carbons (Fsp3) is 0.167. The molecular weight excluding hydrogens is 324 g/mol. The Morgan fingerprint density at radius 3 is 2.58 bits per heavy atom. The minimum Gasteiger partial charge on any atom is -0.426 e. The van der Waals surface area contributed by atoms with Crippen molar-refractivity contribution in [3.63, 3.8) is 0 Å². The molecule has 0 atom stereocenters. The minimum atomic E-state index is -0.378. The van der Waals surface area contributed by atoms with Crippen LogP contribution in [0, 0.1) is 0 Å². The van der Waals surface area contributed by atoms with Gasteiger partial charge in [0.15, 0.2) is 5.16 Å². The number of nitrogens with zero attached hydrogens (tertiary/aromatic N) is 2. The maximum atomic E-state index is 12.5. The Labute approximate surface area is 143 Å². The average molecular weight is 340 g/mol. The number of ether oxygens (including phenoxy) is 1. The van der Waals surface area contributed by atoms with E-state index in [1.54, 1.807) is 41.0 Å². The number of benzene rings is 2. The molecule has 122 valence electrons. The van der Waals surface area contributed by atoms with Crippen molar-refractivity contribution in [3.8, 4) is 5.75 Å². The smallest absolute Gasteiger partial charge is 0.321 e. The number of carbonyl (C=O) groups is 1. The number of thioether (sulfide) groups is 1. The number of hydrogen-bond acceptors (Lipinski definition) is 5. The van der Waals surface area contributed by atoms with Gasteiger partial charge in [0.2, 0.25) is 0 Å². The van der Waals surface area contributed by atoms with Crippen LogP contribution in [0.4, 0.5) is 0 Å². The Balaban J connectivity index is 1.79. The Morgan fingerprint density at radius 1 is 1.12 bits per heavy atom. The zero-order valence-electron chi connectivity index (χ0n) is 13.1. The van der Waals surface area contributed by atoms with Gasteiger partial charge in [-0.2, -0.15) is 0 Å². The van der Waals surface area contributed by atoms with Crippen LogP contribution in [-0.2, 0) is 11.3 Å². The fourth-order valence-electron chi connectivity index (χ4n) is 2.31. The van der Waals surface area contributed by atoms with Gasteiger partial charge in [0, 0.05) is 6.54 Å². The lowest BCUT2D eigenvalue weighted by atomic mass is 10.2. The Morgan fingerprint density at radius 2 is 1.83 bits per heavy atom. The van der Waals surface area contributed by atoms with Crippen molar-refractivity contribution in [1.82, 2.24) is 9.55 Å². The summed E-state index contributed by atoms with van der Waals surface area (Å²) in [6.07, 6.45) is 0. The van der Waals surface area contributed by atoms with E-state index in [9.17, 15) is 9.59 Å². The molecule has 0 radical (unpaired) electrons. The average Bonchev–Trinajstić information content (AvgIpc) is 2.61. The van der Waals surface area contributed by atoms with E-state index in [-0.39, 0.29) is 17.3 Å². The lowest BCUT2D eigenvalue weighted by Gasteiger charge is -2.10. The van der Waals surface area contributed by atoms with Crippen LogP contribution < -0.4 is 10.3 Å². The van der Waals surface area contributed by atoms with Crippen LogP contribution in [0.15, 0.2) is 64.5 Å². The molecule has 0 amide bonds. The molecule has 0 spiro atoms. The number of fused-ring (bicyclic) bond motifs is 1. The predicted octanol–water partition coefficient (Wildman–Crippen LogP) is 3.11. The summed E-state index contributed by atoms with van der Waals surface area (Å²) in [6.45, 7) is 2.37. The van der Waals surface area contributed by atoms with Gasteiger partial charge in [-0.15, -0.1) is 0 Å². The molecule has 0 saturated carbocycles. The third-order valence-electron chi connectivity index (χ3n) is 3.44. The van der Waals surface area contributed by atoms with E-state index in [0.717, 1.165) is 0 Å². The summed E-state index contributed by atoms with van der Waals surface area (Å²) in [6, 6.07) is 16.1. The number of hydrogen-bond donors (Lipinski definition) is 0. The molecule has 1 heterocycles. The molecule has 0 fully saturated rings. The molecule has 6 heteroatoms. The van der Waals surface area contributed by atoms with Crippen molar-refractivity contribution in [2.24, 2.45) is 0 Å². The topological polar surface area (TPSA) is 61.2 Å². The maximum absolute atomic E-state index is 12.5. The van der Waals surface area contributed by atoms with Crippen LogP contribution in [-0.4, -0.2) is 21.3 Å². The molecular formula is C18H16N2O3S. The second-order valence-corrected chi connectivity index (χ2v) is 5.98. The summed E-state index contributed by atoms with van der Waals surface area (Å²) >= 11 is 1.21. The molecule has 0 saturated heterocycles. The molecule has 0 aliphatic carbocycles. The number of esters is 1. The number of aromatic nitrogens is 2. The third-order valence-corrected chi connectivity index (χ3v) is 4.39. The number of para-hydroxylation sites is 2. The van der Waals surface area contributed by atoms with Crippen LogP contribution in [0.25, 0.3) is 10.9 Å². The normalized spacial score (nSPS) is 10.7. The molecule has 0 unspecified atom stereocenters. The van der Waals surface area contributed by atoms with E-state index < -0.39 is 0 Å². The number of carbonyl (C=O) groups excluding carboxylic acids is 1. The molecule has 24 heavy (non-hydrogen) atoms. The standard InChI is InChI=1S/C18H16N2O3S/c1-2-20-17(22)14-10-6-7-11-15(14)19-18(20)24-12-16(21)23-13-8-4-3-5-9-13/h3-11H,2,12H2,1H3. The van der Waals surface area contributed by atoms with Crippen molar-refractivity contribution in [2.75, 3.05) is 5.75 Å². The van der Waals surface area contributed by atoms with Crippen molar-refractivity contribution >= 4 is 28.6 Å². The van der Waals surface area contributed by atoms with Gasteiger partial charge in [0.05, 0.1) is 16.7 Å². The summed E-state index contributed by atoms with van der Waals surface area (Å²) in [4.78, 5) is 29.0. The summed E-state index contributed by atoms with van der Waals surface area (Å²) in [5.41, 5.74) is 0.535. The molecule has 3 rings (SSSR count). The van der Waals surface area contributed by atoms with Gasteiger partial charge in [-0.05, 0) is 31.2 Å². The lowest BCUT2D eigenvalue weighted by Crippen LogP contribution is -2.23. The second kappa shape index (κ2) is 7.31. The molecule has 2 aromatic carbocycles. The van der Waals surface area contributed by atoms with Gasteiger partial charge in [0.1, 0.15) is 5.75 Å². The quantitative estimate of drug-likeness (QED) is 0.309. The van der Waals surface area contributed by atoms with Gasteiger partial charge < -0.3 is 4.74 Å². The van der Waals surface area contributed by atoms with Gasteiger partial charge in [-0.25, -0.2) is 4.98 Å². The lowest BCUT2D eigenvalue weighted by molar-refractivity contribution is -0.131. The Kier molecular flexibility index (Phi) is 4.96. The zero-order valence-corrected chi connectivity index (χ0v) is 14.0. The van der Waals surface area contributed by atoms with E-state index in [1.165, 1.54) is 11.8 Å². The first kappa shape index (κ1) is 16.3. The van der Waals surface area contributed by atoms with Crippen LogP contribution in [0.1, 0.15) is 6.92 Å². The van der Waals surface area contributed by atoms with E-state index in [4.69, 9.17) is 4.74 Å². The molecule has 1 aromatic heterocycles. The molecule has 0 aliphatic heterocycles. The predicted molar refractivity (Wildman–Crippen MR) is 94.5 cm³/mol. The molecule has 0 N–H and O–H groups in total. The zero-order chi connectivity index (χ0) is 16.9. The first-order valence-electron chi connectivity index (χ1n) is 7.57. The van der Waals surface area contributed by atoms with Gasteiger partial charge in [-0.1, -0.05) is 42.1 Å². The minimum absolute atomic E-state index is 0.0830. The van der Waals surface area contributed by atoms with Crippen LogP contribution in [0.3, 0.4) is 0 Å². The van der Waals surface area contributed by atoms with Crippen molar-refractivity contribution in [3.05, 3.63) is 65.0 Å².